The maximum Gasteiger partial charge on any atom is 0.322 e. The van der Waals surface area contributed by atoms with Gasteiger partial charge in [-0.15, -0.1) is 4.91 Å². The highest BCUT2D eigenvalue weighted by Crippen LogP contribution is 2.36. The van der Waals surface area contributed by atoms with Crippen molar-refractivity contribution in [3.63, 3.8) is 0 Å². The predicted molar refractivity (Wildman–Crippen MR) is 123 cm³/mol. The van der Waals surface area contributed by atoms with Gasteiger partial charge in [0.05, 0.1) is 0 Å². The lowest BCUT2D eigenvalue weighted by Crippen LogP contribution is -2.49. The number of carbonyl (C=O) groups is 6. The van der Waals surface area contributed by atoms with E-state index in [2.05, 4.69) is 21.1 Å². The molecule has 0 aromatic carbocycles. The molecule has 17 heteroatoms. The molecular weight excluding hydrogens is 502 g/mol. The van der Waals surface area contributed by atoms with Crippen LogP contribution in [0.1, 0.15) is 19.8 Å². The minimum absolute atomic E-state index is 0.0442. The first-order valence-electron chi connectivity index (χ1n) is 9.30. The van der Waals surface area contributed by atoms with Crippen molar-refractivity contribution < 1.29 is 39.0 Å². The van der Waals surface area contributed by atoms with Crippen molar-refractivity contribution in [3.8, 4) is 0 Å². The number of nitrogens with two attached hydrogens (primary N) is 1. The standard InChI is InChI=1S/C16H25N5O9S3/c1-8(14(26)19-5-13(24)25)6-31-33-32-7-10(15(27)18-4-12(23)21-30)20-11(22)3-2-9(17)16(28)29/h8-10H,2-7,17H2,1H3,(H,18,27)(H,19,26)(H,20,22)(H,24,25)(H,28,29)/t8-,9-,10-/m0/s1. The second-order valence-corrected chi connectivity index (χ2v) is 10.8. The van der Waals surface area contributed by atoms with Crippen LogP contribution in [0.15, 0.2) is 5.18 Å². The lowest BCUT2D eigenvalue weighted by atomic mass is 10.1. The Morgan fingerprint density at radius 3 is 2.15 bits per heavy atom. The van der Waals surface area contributed by atoms with E-state index in [1.807, 2.05) is 0 Å². The molecular formula is C16H25N5O9S3. The number of carboxylic acids is 2. The molecule has 186 valence electrons. The number of aliphatic carboxylic acids is 2. The number of amides is 4. The molecule has 0 aliphatic carbocycles. The first-order chi connectivity index (χ1) is 15.5. The highest BCUT2D eigenvalue weighted by atomic mass is 33.5. The van der Waals surface area contributed by atoms with Crippen molar-refractivity contribution in [2.75, 3.05) is 24.6 Å². The van der Waals surface area contributed by atoms with Crippen molar-refractivity contribution >= 4 is 67.0 Å². The van der Waals surface area contributed by atoms with Gasteiger partial charge in [-0.1, -0.05) is 28.5 Å². The van der Waals surface area contributed by atoms with Crippen molar-refractivity contribution in [2.24, 2.45) is 16.8 Å². The van der Waals surface area contributed by atoms with Crippen LogP contribution in [0.5, 0.6) is 0 Å². The molecule has 33 heavy (non-hydrogen) atoms. The number of nitroso groups, excluding NO2 is 1. The molecule has 0 heterocycles. The fraction of sp³-hybridized carbons (Fsp3) is 0.625. The van der Waals surface area contributed by atoms with Gasteiger partial charge in [0, 0.05) is 29.0 Å². The van der Waals surface area contributed by atoms with E-state index < -0.39 is 66.7 Å². The zero-order valence-corrected chi connectivity index (χ0v) is 19.9. The van der Waals surface area contributed by atoms with Gasteiger partial charge in [0.2, 0.25) is 17.7 Å². The third-order valence-corrected chi connectivity index (χ3v) is 8.10. The quantitative estimate of drug-likeness (QED) is 0.0752. The van der Waals surface area contributed by atoms with Gasteiger partial charge in [-0.25, -0.2) is 0 Å². The topological polar surface area (TPSA) is 234 Å². The van der Waals surface area contributed by atoms with E-state index in [1.165, 1.54) is 20.6 Å². The van der Waals surface area contributed by atoms with E-state index in [0.717, 1.165) is 10.8 Å². The van der Waals surface area contributed by atoms with Crippen LogP contribution in [0, 0.1) is 10.8 Å². The number of hydrogen-bond donors (Lipinski definition) is 6. The van der Waals surface area contributed by atoms with Crippen LogP contribution >= 0.6 is 31.4 Å². The normalized spacial score (nSPS) is 13.2. The van der Waals surface area contributed by atoms with Gasteiger partial charge in [-0.2, -0.15) is 0 Å². The molecule has 0 aliphatic rings. The zero-order chi connectivity index (χ0) is 25.4. The maximum absolute atomic E-state index is 12.3. The average Bonchev–Trinajstić information content (AvgIpc) is 2.77. The van der Waals surface area contributed by atoms with Gasteiger partial charge < -0.3 is 31.9 Å². The Bertz CT molecular complexity index is 740. The van der Waals surface area contributed by atoms with Gasteiger partial charge in [-0.3, -0.25) is 28.8 Å². The van der Waals surface area contributed by atoms with Gasteiger partial charge >= 0.3 is 17.8 Å². The van der Waals surface area contributed by atoms with Gasteiger partial charge in [0.25, 0.3) is 0 Å². The Morgan fingerprint density at radius 1 is 0.970 bits per heavy atom. The number of carbonyl (C=O) groups excluding carboxylic acids is 4. The van der Waals surface area contributed by atoms with Crippen LogP contribution in [0.4, 0.5) is 0 Å². The molecule has 3 atom stereocenters. The Labute approximate surface area is 200 Å². The second-order valence-electron chi connectivity index (χ2n) is 6.46. The molecule has 0 spiro atoms. The second kappa shape index (κ2) is 17.2. The molecule has 0 radical (unpaired) electrons. The summed E-state index contributed by atoms with van der Waals surface area (Å²) in [4.78, 5) is 78.4. The Morgan fingerprint density at radius 2 is 1.58 bits per heavy atom. The maximum atomic E-state index is 12.3. The van der Waals surface area contributed by atoms with Crippen molar-refractivity contribution in [3.05, 3.63) is 4.91 Å². The van der Waals surface area contributed by atoms with E-state index in [4.69, 9.17) is 15.9 Å². The third-order valence-electron chi connectivity index (χ3n) is 3.68. The van der Waals surface area contributed by atoms with Crippen LogP contribution in [0.2, 0.25) is 0 Å². The minimum Gasteiger partial charge on any atom is -0.480 e. The highest BCUT2D eigenvalue weighted by molar-refractivity contribution is 9.09. The number of nitrogens with zero attached hydrogens (tertiary/aromatic N) is 1. The van der Waals surface area contributed by atoms with E-state index in [1.54, 1.807) is 6.92 Å². The Kier molecular flexibility index (Phi) is 15.9. The summed E-state index contributed by atoms with van der Waals surface area (Å²) in [5.74, 6) is -5.41. The summed E-state index contributed by atoms with van der Waals surface area (Å²) in [5.41, 5.74) is 5.34. The molecule has 0 aromatic heterocycles. The molecule has 0 saturated carbocycles. The molecule has 0 fully saturated rings. The fourth-order valence-corrected chi connectivity index (χ4v) is 5.93. The fourth-order valence-electron chi connectivity index (χ4n) is 1.85. The summed E-state index contributed by atoms with van der Waals surface area (Å²) in [6, 6.07) is -2.34. The van der Waals surface area contributed by atoms with Crippen molar-refractivity contribution in [1.29, 1.82) is 0 Å². The van der Waals surface area contributed by atoms with Crippen molar-refractivity contribution in [1.82, 2.24) is 16.0 Å². The third kappa shape index (κ3) is 15.2. The van der Waals surface area contributed by atoms with Crippen LogP contribution in [0.25, 0.3) is 0 Å². The van der Waals surface area contributed by atoms with Gasteiger partial charge in [-0.05, 0) is 16.2 Å². The summed E-state index contributed by atoms with van der Waals surface area (Å²) in [5, 5.41) is 26.3. The predicted octanol–water partition coefficient (Wildman–Crippen LogP) is -1.06. The molecule has 7 N–H and O–H groups in total. The zero-order valence-electron chi connectivity index (χ0n) is 17.5. The molecule has 0 saturated heterocycles. The highest BCUT2D eigenvalue weighted by Gasteiger charge is 2.23. The van der Waals surface area contributed by atoms with Crippen LogP contribution in [-0.4, -0.2) is 82.5 Å². The summed E-state index contributed by atoms with van der Waals surface area (Å²) >= 11 is 0. The van der Waals surface area contributed by atoms with E-state index in [0.29, 0.717) is 5.75 Å². The molecule has 0 unspecified atom stereocenters. The number of hydrogen-bond acceptors (Lipinski definition) is 11. The molecule has 0 bridgehead atoms. The average molecular weight is 528 g/mol. The van der Waals surface area contributed by atoms with E-state index in [9.17, 15) is 33.7 Å². The van der Waals surface area contributed by atoms with Crippen molar-refractivity contribution in [2.45, 2.75) is 31.8 Å². The number of rotatable bonds is 17. The van der Waals surface area contributed by atoms with Crippen LogP contribution in [-0.2, 0) is 28.8 Å². The number of carboxylic acid groups (broad SMARTS) is 2. The van der Waals surface area contributed by atoms with Crippen LogP contribution in [0.3, 0.4) is 0 Å². The Hall–Kier alpha value is -2.37. The van der Waals surface area contributed by atoms with E-state index in [-0.39, 0.29) is 18.6 Å². The monoisotopic (exact) mass is 527 g/mol. The summed E-state index contributed by atoms with van der Waals surface area (Å²) < 4.78 is 0. The molecule has 0 aromatic rings. The lowest BCUT2D eigenvalue weighted by Gasteiger charge is -2.18. The first-order valence-corrected chi connectivity index (χ1v) is 13.1. The molecule has 4 amide bonds. The Balaban J connectivity index is 4.62. The van der Waals surface area contributed by atoms with Gasteiger partial charge in [0.15, 0.2) is 0 Å². The van der Waals surface area contributed by atoms with E-state index >= 15 is 0 Å². The first kappa shape index (κ1) is 30.6. The summed E-state index contributed by atoms with van der Waals surface area (Å²) in [6.45, 7) is 0.492. The van der Waals surface area contributed by atoms with Gasteiger partial charge in [0.1, 0.15) is 25.2 Å². The minimum atomic E-state index is -1.27. The molecule has 0 rings (SSSR count). The summed E-state index contributed by atoms with van der Waals surface area (Å²) in [6.07, 6.45) is -0.399. The van der Waals surface area contributed by atoms with Crippen LogP contribution < -0.4 is 21.7 Å². The summed E-state index contributed by atoms with van der Waals surface area (Å²) in [7, 11) is 3.65. The molecule has 0 aliphatic heterocycles. The number of nitrogens with one attached hydrogen (secondary N) is 3. The smallest absolute Gasteiger partial charge is 0.322 e. The largest absolute Gasteiger partial charge is 0.480 e. The SMILES string of the molecule is C[C@@H](CSSSC[C@H](NC(=O)CC[C@H](N)C(=O)O)C(=O)NCC(=O)N=O)C(=O)NCC(=O)O. The molecule has 14 nitrogen and oxygen atoms in total. The lowest BCUT2D eigenvalue weighted by molar-refractivity contribution is -0.139.